The Hall–Kier alpha value is -1.10. The molecule has 116 valence electrons. The van der Waals surface area contributed by atoms with Crippen LogP contribution in [-0.2, 0) is 9.59 Å². The average molecular weight is 283 g/mol. The van der Waals surface area contributed by atoms with E-state index >= 15 is 0 Å². The van der Waals surface area contributed by atoms with Crippen molar-refractivity contribution in [2.24, 2.45) is 11.7 Å². The molecule has 3 atom stereocenters. The Kier molecular flexibility index (Phi) is 6.99. The van der Waals surface area contributed by atoms with Crippen LogP contribution in [0.15, 0.2) is 0 Å². The van der Waals surface area contributed by atoms with E-state index < -0.39 is 6.04 Å². The number of nitrogens with one attached hydrogen (secondary N) is 1. The van der Waals surface area contributed by atoms with E-state index in [0.29, 0.717) is 24.9 Å². The summed E-state index contributed by atoms with van der Waals surface area (Å²) in [6.45, 7) is 4.31. The van der Waals surface area contributed by atoms with Crippen molar-refractivity contribution < 1.29 is 9.59 Å². The summed E-state index contributed by atoms with van der Waals surface area (Å²) in [6, 6.07) is -0.142. The van der Waals surface area contributed by atoms with Crippen molar-refractivity contribution in [2.45, 2.75) is 64.5 Å². The topological polar surface area (TPSA) is 75.4 Å². The van der Waals surface area contributed by atoms with E-state index in [1.807, 2.05) is 6.92 Å². The fraction of sp³-hybridized carbons (Fsp3) is 0.867. The van der Waals surface area contributed by atoms with E-state index in [9.17, 15) is 9.59 Å². The lowest BCUT2D eigenvalue weighted by Crippen LogP contribution is -2.45. The molecule has 0 aliphatic heterocycles. The molecular formula is C15H29N3O2. The van der Waals surface area contributed by atoms with Gasteiger partial charge < -0.3 is 16.0 Å². The van der Waals surface area contributed by atoms with E-state index in [-0.39, 0.29) is 11.8 Å². The first-order valence-electron chi connectivity index (χ1n) is 7.74. The molecule has 0 aromatic heterocycles. The molecule has 3 unspecified atom stereocenters. The lowest BCUT2D eigenvalue weighted by atomic mass is 9.83. The van der Waals surface area contributed by atoms with Crippen molar-refractivity contribution >= 4 is 11.8 Å². The molecule has 0 spiro atoms. The average Bonchev–Trinajstić information content (AvgIpc) is 2.43. The minimum absolute atomic E-state index is 0.0329. The van der Waals surface area contributed by atoms with Gasteiger partial charge in [0.2, 0.25) is 11.8 Å². The summed E-state index contributed by atoms with van der Waals surface area (Å²) in [4.78, 5) is 25.3. The van der Waals surface area contributed by atoms with Crippen LogP contribution in [-0.4, -0.2) is 42.4 Å². The molecule has 1 saturated carbocycles. The molecule has 1 aliphatic carbocycles. The molecule has 0 bridgehead atoms. The summed E-state index contributed by atoms with van der Waals surface area (Å²) in [5.41, 5.74) is 5.95. The zero-order valence-corrected chi connectivity index (χ0v) is 13.0. The minimum atomic E-state index is -0.443. The predicted octanol–water partition coefficient (Wildman–Crippen LogP) is 1.27. The zero-order chi connectivity index (χ0) is 15.1. The molecule has 0 saturated heterocycles. The highest BCUT2D eigenvalue weighted by molar-refractivity contribution is 5.87. The highest BCUT2D eigenvalue weighted by Crippen LogP contribution is 2.26. The van der Waals surface area contributed by atoms with E-state index in [4.69, 9.17) is 5.73 Å². The monoisotopic (exact) mass is 283 g/mol. The van der Waals surface area contributed by atoms with E-state index in [2.05, 4.69) is 5.32 Å². The van der Waals surface area contributed by atoms with Gasteiger partial charge in [0.05, 0.1) is 0 Å². The number of carbonyl (C=O) groups excluding carboxylic acids is 2. The van der Waals surface area contributed by atoms with Crippen LogP contribution in [0.5, 0.6) is 0 Å². The summed E-state index contributed by atoms with van der Waals surface area (Å²) in [6.07, 6.45) is 5.85. The second-order valence-corrected chi connectivity index (χ2v) is 5.97. The van der Waals surface area contributed by atoms with Crippen molar-refractivity contribution in [1.82, 2.24) is 10.2 Å². The van der Waals surface area contributed by atoms with E-state index in [1.165, 1.54) is 12.8 Å². The number of rotatable bonds is 6. The molecule has 1 fully saturated rings. The van der Waals surface area contributed by atoms with Gasteiger partial charge in [0.15, 0.2) is 0 Å². The van der Waals surface area contributed by atoms with Gasteiger partial charge in [-0.3, -0.25) is 9.59 Å². The predicted molar refractivity (Wildman–Crippen MR) is 80.1 cm³/mol. The summed E-state index contributed by atoms with van der Waals surface area (Å²) < 4.78 is 0. The van der Waals surface area contributed by atoms with E-state index in [0.717, 1.165) is 19.3 Å². The van der Waals surface area contributed by atoms with Crippen LogP contribution in [0.3, 0.4) is 0 Å². The molecule has 5 nitrogen and oxygen atoms in total. The maximum Gasteiger partial charge on any atom is 0.244 e. The van der Waals surface area contributed by atoms with Crippen LogP contribution >= 0.6 is 0 Å². The number of nitrogens with two attached hydrogens (primary N) is 1. The van der Waals surface area contributed by atoms with Gasteiger partial charge in [-0.2, -0.15) is 0 Å². The van der Waals surface area contributed by atoms with Crippen LogP contribution in [0.25, 0.3) is 0 Å². The van der Waals surface area contributed by atoms with Gasteiger partial charge in [-0.25, -0.2) is 0 Å². The van der Waals surface area contributed by atoms with Crippen molar-refractivity contribution in [2.75, 3.05) is 13.6 Å². The molecule has 20 heavy (non-hydrogen) atoms. The van der Waals surface area contributed by atoms with Crippen LogP contribution < -0.4 is 11.1 Å². The molecule has 0 heterocycles. The van der Waals surface area contributed by atoms with Crippen molar-refractivity contribution in [3.8, 4) is 0 Å². The second-order valence-electron chi connectivity index (χ2n) is 5.97. The van der Waals surface area contributed by atoms with Crippen LogP contribution in [0.2, 0.25) is 0 Å². The quantitative estimate of drug-likeness (QED) is 0.770. The molecule has 2 amide bonds. The normalized spacial score (nSPS) is 24.0. The Balaban J connectivity index is 2.27. The zero-order valence-electron chi connectivity index (χ0n) is 13.0. The smallest absolute Gasteiger partial charge is 0.244 e. The molecule has 3 N–H and O–H groups in total. The van der Waals surface area contributed by atoms with Gasteiger partial charge in [-0.05, 0) is 39.0 Å². The van der Waals surface area contributed by atoms with Gasteiger partial charge in [0.1, 0.15) is 6.04 Å². The summed E-state index contributed by atoms with van der Waals surface area (Å²) >= 11 is 0. The molecule has 1 rings (SSSR count). The summed E-state index contributed by atoms with van der Waals surface area (Å²) in [5, 5.41) is 2.78. The number of amides is 2. The van der Waals surface area contributed by atoms with Gasteiger partial charge in [-0.1, -0.05) is 12.8 Å². The molecule has 0 aromatic carbocycles. The van der Waals surface area contributed by atoms with Crippen LogP contribution in [0.4, 0.5) is 0 Å². The Morgan fingerprint density at radius 1 is 1.40 bits per heavy atom. The van der Waals surface area contributed by atoms with Crippen molar-refractivity contribution in [3.63, 3.8) is 0 Å². The first-order chi connectivity index (χ1) is 9.43. The molecule has 0 aromatic rings. The maximum atomic E-state index is 11.9. The number of hydrogen-bond acceptors (Lipinski definition) is 3. The van der Waals surface area contributed by atoms with Gasteiger partial charge >= 0.3 is 0 Å². The van der Waals surface area contributed by atoms with Crippen molar-refractivity contribution in [1.29, 1.82) is 0 Å². The molecular weight excluding hydrogens is 254 g/mol. The van der Waals surface area contributed by atoms with Crippen LogP contribution in [0.1, 0.15) is 52.4 Å². The molecule has 5 heteroatoms. The van der Waals surface area contributed by atoms with Gasteiger partial charge in [0, 0.05) is 26.1 Å². The van der Waals surface area contributed by atoms with Gasteiger partial charge in [0.25, 0.3) is 0 Å². The largest absolute Gasteiger partial charge is 0.345 e. The lowest BCUT2D eigenvalue weighted by Gasteiger charge is -2.26. The van der Waals surface area contributed by atoms with Crippen molar-refractivity contribution in [3.05, 3.63) is 0 Å². The Labute approximate surface area is 122 Å². The number of nitrogens with zero attached hydrogens (tertiary/aromatic N) is 1. The fourth-order valence-corrected chi connectivity index (χ4v) is 2.79. The third-order valence-corrected chi connectivity index (χ3v) is 4.20. The first kappa shape index (κ1) is 17.0. The highest BCUT2D eigenvalue weighted by Gasteiger charge is 2.22. The van der Waals surface area contributed by atoms with Gasteiger partial charge in [-0.15, -0.1) is 0 Å². The number of hydrogen-bond donors (Lipinski definition) is 2. The van der Waals surface area contributed by atoms with Crippen LogP contribution in [0, 0.1) is 5.92 Å². The Bertz CT molecular complexity index is 333. The standard InChI is InChI=1S/C15H29N3O2/c1-4-18(3)15(20)11(2)17-14(19)9-8-12-6-5-7-13(16)10-12/h11-13H,4-10,16H2,1-3H3,(H,17,19). The number of likely N-dealkylation sites (N-methyl/N-ethyl adjacent to an activating group) is 1. The Morgan fingerprint density at radius 3 is 2.70 bits per heavy atom. The fourth-order valence-electron chi connectivity index (χ4n) is 2.79. The summed E-state index contributed by atoms with van der Waals surface area (Å²) in [5.74, 6) is 0.490. The molecule has 1 aliphatic rings. The maximum absolute atomic E-state index is 11.9. The third kappa shape index (κ3) is 5.49. The molecule has 0 radical (unpaired) electrons. The third-order valence-electron chi connectivity index (χ3n) is 4.20. The minimum Gasteiger partial charge on any atom is -0.345 e. The SMILES string of the molecule is CCN(C)C(=O)C(C)NC(=O)CCC1CCCC(N)C1. The lowest BCUT2D eigenvalue weighted by molar-refractivity contribution is -0.134. The highest BCUT2D eigenvalue weighted by atomic mass is 16.2. The Morgan fingerprint density at radius 2 is 2.10 bits per heavy atom. The summed E-state index contributed by atoms with van der Waals surface area (Å²) in [7, 11) is 1.74. The first-order valence-corrected chi connectivity index (χ1v) is 7.74. The second kappa shape index (κ2) is 8.25. The van der Waals surface area contributed by atoms with E-state index in [1.54, 1.807) is 18.9 Å². The number of carbonyl (C=O) groups is 2.